The first-order valence-corrected chi connectivity index (χ1v) is 7.02. The summed E-state index contributed by atoms with van der Waals surface area (Å²) in [5.74, 6) is -0.117. The average Bonchev–Trinajstić information content (AvgIpc) is 2.38. The highest BCUT2D eigenvalue weighted by atomic mass is 16.6. The Bertz CT molecular complexity index is 279. The van der Waals surface area contributed by atoms with Gasteiger partial charge in [0.2, 0.25) is 0 Å². The van der Waals surface area contributed by atoms with Crippen molar-refractivity contribution in [3.63, 3.8) is 0 Å². The van der Waals surface area contributed by atoms with Gasteiger partial charge in [-0.2, -0.15) is 0 Å². The molecule has 0 radical (unpaired) electrons. The van der Waals surface area contributed by atoms with Crippen LogP contribution >= 0.6 is 0 Å². The molecule has 0 aliphatic heterocycles. The van der Waals surface area contributed by atoms with Crippen molar-refractivity contribution in [3.05, 3.63) is 0 Å². The summed E-state index contributed by atoms with van der Waals surface area (Å²) >= 11 is 0. The first kappa shape index (κ1) is 17.7. The Balaban J connectivity index is 4.42. The van der Waals surface area contributed by atoms with Crippen LogP contribution in [0.15, 0.2) is 0 Å². The van der Waals surface area contributed by atoms with Crippen LogP contribution in [-0.4, -0.2) is 31.3 Å². The minimum absolute atomic E-state index is 0.0101. The maximum atomic E-state index is 11.9. The third-order valence-corrected chi connectivity index (χ3v) is 2.74. The summed E-state index contributed by atoms with van der Waals surface area (Å²) in [4.78, 5) is 23.5. The lowest BCUT2D eigenvalue weighted by Crippen LogP contribution is -2.46. The van der Waals surface area contributed by atoms with E-state index in [-0.39, 0.29) is 11.8 Å². The van der Waals surface area contributed by atoms with Crippen LogP contribution < -0.4 is 5.32 Å². The summed E-state index contributed by atoms with van der Waals surface area (Å²) in [5, 5.41) is 2.60. The van der Waals surface area contributed by atoms with Gasteiger partial charge in [-0.05, 0) is 18.3 Å². The number of amides is 1. The largest absolute Gasteiger partial charge is 0.464 e. The van der Waals surface area contributed by atoms with Crippen molar-refractivity contribution in [1.29, 1.82) is 0 Å². The quantitative estimate of drug-likeness (QED) is 0.691. The standard InChI is InChI=1S/C14H27NO4/c1-6-8-18-13(16)12(11(5)7-2)15-14(17)19-9-10(3)4/h10-12H,6-9H2,1-5H3,(H,15,17). The molecule has 0 aliphatic carbocycles. The number of hydrogen-bond donors (Lipinski definition) is 1. The van der Waals surface area contributed by atoms with Crippen molar-refractivity contribution in [3.8, 4) is 0 Å². The maximum Gasteiger partial charge on any atom is 0.407 e. The third kappa shape index (κ3) is 7.70. The van der Waals surface area contributed by atoms with Crippen molar-refractivity contribution in [2.24, 2.45) is 11.8 Å². The summed E-state index contributed by atoms with van der Waals surface area (Å²) < 4.78 is 10.1. The molecule has 0 aromatic heterocycles. The summed E-state index contributed by atoms with van der Waals surface area (Å²) in [6, 6.07) is -0.642. The van der Waals surface area contributed by atoms with E-state index in [1.807, 2.05) is 34.6 Å². The Morgan fingerprint density at radius 1 is 1.11 bits per heavy atom. The van der Waals surface area contributed by atoms with Crippen LogP contribution in [0.4, 0.5) is 4.79 Å². The summed E-state index contributed by atoms with van der Waals surface area (Å²) in [7, 11) is 0. The fraction of sp³-hybridized carbons (Fsp3) is 0.857. The lowest BCUT2D eigenvalue weighted by atomic mass is 9.99. The molecule has 112 valence electrons. The number of hydrogen-bond acceptors (Lipinski definition) is 4. The lowest BCUT2D eigenvalue weighted by Gasteiger charge is -2.22. The van der Waals surface area contributed by atoms with E-state index in [9.17, 15) is 9.59 Å². The normalized spacial score (nSPS) is 13.8. The van der Waals surface area contributed by atoms with Gasteiger partial charge in [-0.15, -0.1) is 0 Å². The number of esters is 1. The van der Waals surface area contributed by atoms with Gasteiger partial charge in [0.05, 0.1) is 13.2 Å². The van der Waals surface area contributed by atoms with Crippen LogP contribution in [0.3, 0.4) is 0 Å². The Kier molecular flexibility index (Phi) is 9.00. The molecule has 1 N–H and O–H groups in total. The molecule has 0 aliphatic rings. The molecule has 0 rings (SSSR count). The van der Waals surface area contributed by atoms with Crippen LogP contribution in [0, 0.1) is 11.8 Å². The van der Waals surface area contributed by atoms with E-state index < -0.39 is 18.1 Å². The average molecular weight is 273 g/mol. The number of rotatable bonds is 8. The molecule has 0 spiro atoms. The van der Waals surface area contributed by atoms with Crippen LogP contribution in [0.2, 0.25) is 0 Å². The molecule has 0 saturated carbocycles. The Labute approximate surface area is 116 Å². The molecule has 0 saturated heterocycles. The highest BCUT2D eigenvalue weighted by Crippen LogP contribution is 2.10. The molecular formula is C14H27NO4. The van der Waals surface area contributed by atoms with Crippen molar-refractivity contribution in [2.45, 2.75) is 53.5 Å². The van der Waals surface area contributed by atoms with E-state index in [1.165, 1.54) is 0 Å². The molecule has 19 heavy (non-hydrogen) atoms. The fourth-order valence-electron chi connectivity index (χ4n) is 1.37. The van der Waals surface area contributed by atoms with Crippen LogP contribution in [-0.2, 0) is 14.3 Å². The topological polar surface area (TPSA) is 64.6 Å². The molecule has 1 amide bonds. The first-order valence-electron chi connectivity index (χ1n) is 7.02. The van der Waals surface area contributed by atoms with Crippen molar-refractivity contribution in [2.75, 3.05) is 13.2 Å². The van der Waals surface area contributed by atoms with Crippen molar-refractivity contribution in [1.82, 2.24) is 5.32 Å². The van der Waals surface area contributed by atoms with Gasteiger partial charge < -0.3 is 14.8 Å². The van der Waals surface area contributed by atoms with Gasteiger partial charge in [0, 0.05) is 0 Å². The lowest BCUT2D eigenvalue weighted by molar-refractivity contribution is -0.147. The molecule has 0 aromatic rings. The van der Waals surface area contributed by atoms with E-state index in [0.717, 1.165) is 12.8 Å². The second-order valence-electron chi connectivity index (χ2n) is 5.17. The predicted octanol–water partition coefficient (Wildman–Crippen LogP) is 2.74. The second-order valence-corrected chi connectivity index (χ2v) is 5.17. The monoisotopic (exact) mass is 273 g/mol. The van der Waals surface area contributed by atoms with Gasteiger partial charge in [0.15, 0.2) is 0 Å². The Hall–Kier alpha value is -1.26. The first-order chi connectivity index (χ1) is 8.92. The van der Waals surface area contributed by atoms with Crippen molar-refractivity contribution >= 4 is 12.1 Å². The minimum atomic E-state index is -0.642. The van der Waals surface area contributed by atoms with E-state index in [1.54, 1.807) is 0 Å². The highest BCUT2D eigenvalue weighted by molar-refractivity contribution is 5.81. The van der Waals surface area contributed by atoms with Gasteiger partial charge in [-0.25, -0.2) is 9.59 Å². The Morgan fingerprint density at radius 2 is 1.74 bits per heavy atom. The second kappa shape index (κ2) is 9.64. The summed E-state index contributed by atoms with van der Waals surface area (Å²) in [5.41, 5.74) is 0. The van der Waals surface area contributed by atoms with E-state index >= 15 is 0 Å². The number of carbonyl (C=O) groups excluding carboxylic acids is 2. The molecule has 0 fully saturated rings. The number of alkyl carbamates (subject to hydrolysis) is 1. The van der Waals surface area contributed by atoms with Gasteiger partial charge >= 0.3 is 12.1 Å². The molecule has 0 aromatic carbocycles. The third-order valence-electron chi connectivity index (χ3n) is 2.74. The molecule has 5 heteroatoms. The van der Waals surface area contributed by atoms with Crippen LogP contribution in [0.25, 0.3) is 0 Å². The molecule has 5 nitrogen and oxygen atoms in total. The van der Waals surface area contributed by atoms with Crippen molar-refractivity contribution < 1.29 is 19.1 Å². The summed E-state index contributed by atoms with van der Waals surface area (Å²) in [6.07, 6.45) is 0.972. The minimum Gasteiger partial charge on any atom is -0.464 e. The smallest absolute Gasteiger partial charge is 0.407 e. The predicted molar refractivity (Wildman–Crippen MR) is 73.8 cm³/mol. The van der Waals surface area contributed by atoms with Gasteiger partial charge in [-0.1, -0.05) is 41.0 Å². The zero-order valence-corrected chi connectivity index (χ0v) is 12.7. The van der Waals surface area contributed by atoms with E-state index in [4.69, 9.17) is 9.47 Å². The molecule has 2 unspecified atom stereocenters. The van der Waals surface area contributed by atoms with Gasteiger partial charge in [-0.3, -0.25) is 0 Å². The molecular weight excluding hydrogens is 246 g/mol. The SMILES string of the molecule is CCCOC(=O)C(NC(=O)OCC(C)C)C(C)CC. The zero-order valence-electron chi connectivity index (χ0n) is 12.7. The summed E-state index contributed by atoms with van der Waals surface area (Å²) in [6.45, 7) is 10.4. The fourth-order valence-corrected chi connectivity index (χ4v) is 1.37. The number of carbonyl (C=O) groups is 2. The maximum absolute atomic E-state index is 11.9. The zero-order chi connectivity index (χ0) is 14.8. The van der Waals surface area contributed by atoms with Crippen LogP contribution in [0.5, 0.6) is 0 Å². The van der Waals surface area contributed by atoms with Crippen LogP contribution in [0.1, 0.15) is 47.5 Å². The number of nitrogens with one attached hydrogen (secondary N) is 1. The highest BCUT2D eigenvalue weighted by Gasteiger charge is 2.27. The number of ether oxygens (including phenoxy) is 2. The van der Waals surface area contributed by atoms with Gasteiger partial charge in [0.1, 0.15) is 6.04 Å². The van der Waals surface area contributed by atoms with E-state index in [2.05, 4.69) is 5.32 Å². The molecule has 0 bridgehead atoms. The van der Waals surface area contributed by atoms with E-state index in [0.29, 0.717) is 13.2 Å². The Morgan fingerprint density at radius 3 is 2.21 bits per heavy atom. The molecule has 2 atom stereocenters. The molecule has 0 heterocycles. The van der Waals surface area contributed by atoms with Gasteiger partial charge in [0.25, 0.3) is 0 Å².